The fraction of sp³-hybridized carbons (Fsp3) is 0.200. The Bertz CT molecular complexity index is 1640. The number of phenolic OH excluding ortho intramolecular Hbond substituents is 1. The molecule has 0 aliphatic carbocycles. The number of hydrogen-bond acceptors (Lipinski definition) is 8. The molecule has 0 saturated carbocycles. The molecule has 2 aromatic heterocycles. The first-order chi connectivity index (χ1) is 18.3. The lowest BCUT2D eigenvalue weighted by molar-refractivity contribution is 0.103. The van der Waals surface area contributed by atoms with E-state index in [1.165, 1.54) is 26.4 Å². The summed E-state index contributed by atoms with van der Waals surface area (Å²) < 4.78 is 26.6. The van der Waals surface area contributed by atoms with Crippen molar-refractivity contribution >= 4 is 27.7 Å². The minimum absolute atomic E-state index is 0.134. The highest BCUT2D eigenvalue weighted by atomic mass is 16.5. The van der Waals surface area contributed by atoms with Gasteiger partial charge in [0.25, 0.3) is 0 Å². The first-order valence-electron chi connectivity index (χ1n) is 11.9. The number of furan rings is 1. The topological polar surface area (TPSA) is 108 Å². The van der Waals surface area contributed by atoms with Crippen molar-refractivity contribution in [1.82, 2.24) is 0 Å². The summed E-state index contributed by atoms with van der Waals surface area (Å²) in [5.74, 6) is 2.03. The van der Waals surface area contributed by atoms with E-state index in [1.807, 2.05) is 26.0 Å². The molecule has 0 aliphatic rings. The Morgan fingerprint density at radius 3 is 2.21 bits per heavy atom. The molecule has 5 aromatic rings. The zero-order valence-electron chi connectivity index (χ0n) is 21.7. The third-order valence-corrected chi connectivity index (χ3v) is 5.91. The van der Waals surface area contributed by atoms with E-state index in [-0.39, 0.29) is 34.4 Å². The second-order valence-electron chi connectivity index (χ2n) is 8.71. The Kier molecular flexibility index (Phi) is 7.71. The van der Waals surface area contributed by atoms with Crippen LogP contribution in [0.4, 0.5) is 0 Å². The van der Waals surface area contributed by atoms with Crippen molar-refractivity contribution in [2.45, 2.75) is 19.8 Å². The second kappa shape index (κ2) is 11.1. The summed E-state index contributed by atoms with van der Waals surface area (Å²) in [6, 6.07) is 18.5. The molecule has 0 fully saturated rings. The van der Waals surface area contributed by atoms with Crippen molar-refractivity contribution in [2.24, 2.45) is 0 Å². The van der Waals surface area contributed by atoms with Gasteiger partial charge in [-0.2, -0.15) is 0 Å². The number of methoxy groups -OCH3 is 3. The average molecular weight is 517 g/mol. The smallest absolute Gasteiger partial charge is 0.336 e. The molecular weight excluding hydrogens is 488 g/mol. The average Bonchev–Trinajstić information content (AvgIpc) is 3.29. The van der Waals surface area contributed by atoms with Crippen LogP contribution in [0.15, 0.2) is 80.4 Å². The van der Waals surface area contributed by atoms with Crippen LogP contribution in [-0.4, -0.2) is 32.2 Å². The molecule has 0 bridgehead atoms. The fourth-order valence-corrected chi connectivity index (χ4v) is 4.06. The van der Waals surface area contributed by atoms with Crippen molar-refractivity contribution in [1.29, 1.82) is 0 Å². The van der Waals surface area contributed by atoms with E-state index in [1.54, 1.807) is 49.6 Å². The van der Waals surface area contributed by atoms with E-state index in [9.17, 15) is 14.7 Å². The molecular formula is C30H28O8. The van der Waals surface area contributed by atoms with E-state index in [2.05, 4.69) is 0 Å². The van der Waals surface area contributed by atoms with E-state index in [0.29, 0.717) is 22.5 Å². The fourth-order valence-electron chi connectivity index (χ4n) is 4.06. The molecule has 0 unspecified atom stereocenters. The standard InChI is InChI=1S/2C15H14O4/c1-8(2)14-15(17-3)10-6-9-4-5-13(16)18-11(9)7-12(10)19-14;1-18-11-8-12(16)14(13(9-11)19-2)15(17)10-6-4-3-5-7-10/h4-8H,1-3H3;3-9,16H,1-2H3. The van der Waals surface area contributed by atoms with Gasteiger partial charge in [0.15, 0.2) is 5.75 Å². The summed E-state index contributed by atoms with van der Waals surface area (Å²) in [7, 11) is 4.55. The van der Waals surface area contributed by atoms with Gasteiger partial charge in [-0.25, -0.2) is 4.79 Å². The van der Waals surface area contributed by atoms with E-state index >= 15 is 0 Å². The van der Waals surface area contributed by atoms with Crippen LogP contribution in [0.1, 0.15) is 41.4 Å². The number of aromatic hydroxyl groups is 1. The Labute approximate surface area is 219 Å². The van der Waals surface area contributed by atoms with Crippen LogP contribution in [0.3, 0.4) is 0 Å². The molecule has 0 amide bonds. The third kappa shape index (κ3) is 5.20. The predicted octanol–water partition coefficient (Wildman–Crippen LogP) is 6.31. The van der Waals surface area contributed by atoms with Crippen LogP contribution >= 0.6 is 0 Å². The lowest BCUT2D eigenvalue weighted by Gasteiger charge is -2.11. The molecule has 8 heteroatoms. The van der Waals surface area contributed by atoms with Gasteiger partial charge in [0.1, 0.15) is 39.7 Å². The number of ether oxygens (including phenoxy) is 3. The van der Waals surface area contributed by atoms with Gasteiger partial charge in [-0.3, -0.25) is 4.79 Å². The van der Waals surface area contributed by atoms with Crippen molar-refractivity contribution in [3.8, 4) is 23.0 Å². The lowest BCUT2D eigenvalue weighted by atomic mass is 10.0. The molecule has 3 aromatic carbocycles. The summed E-state index contributed by atoms with van der Waals surface area (Å²) in [6.45, 7) is 4.08. The normalized spacial score (nSPS) is 10.8. The summed E-state index contributed by atoms with van der Waals surface area (Å²) >= 11 is 0. The number of carbonyl (C=O) groups is 1. The van der Waals surface area contributed by atoms with Gasteiger partial charge in [-0.1, -0.05) is 44.2 Å². The largest absolute Gasteiger partial charge is 0.507 e. The summed E-state index contributed by atoms with van der Waals surface area (Å²) in [6.07, 6.45) is 0. The maximum Gasteiger partial charge on any atom is 0.336 e. The van der Waals surface area contributed by atoms with Crippen LogP contribution in [0.5, 0.6) is 23.0 Å². The van der Waals surface area contributed by atoms with Crippen molar-refractivity contribution < 1.29 is 32.9 Å². The number of benzene rings is 3. The molecule has 0 spiro atoms. The molecule has 0 radical (unpaired) electrons. The van der Waals surface area contributed by atoms with E-state index in [0.717, 1.165) is 22.3 Å². The first kappa shape index (κ1) is 26.3. The minimum atomic E-state index is -0.366. The van der Waals surface area contributed by atoms with Crippen LogP contribution in [0.2, 0.25) is 0 Å². The minimum Gasteiger partial charge on any atom is -0.507 e. The van der Waals surface area contributed by atoms with Gasteiger partial charge in [0.2, 0.25) is 5.78 Å². The predicted molar refractivity (Wildman–Crippen MR) is 144 cm³/mol. The Balaban J connectivity index is 0.000000177. The molecule has 8 nitrogen and oxygen atoms in total. The number of ketones is 1. The van der Waals surface area contributed by atoms with E-state index in [4.69, 9.17) is 23.0 Å². The van der Waals surface area contributed by atoms with Gasteiger partial charge in [-0.05, 0) is 12.1 Å². The maximum atomic E-state index is 12.4. The molecule has 196 valence electrons. The van der Waals surface area contributed by atoms with Crippen molar-refractivity contribution in [3.63, 3.8) is 0 Å². The first-order valence-corrected chi connectivity index (χ1v) is 11.9. The van der Waals surface area contributed by atoms with Gasteiger partial charge < -0.3 is 28.2 Å². The quantitative estimate of drug-likeness (QED) is 0.207. The number of fused-ring (bicyclic) bond motifs is 2. The molecule has 38 heavy (non-hydrogen) atoms. The highest BCUT2D eigenvalue weighted by molar-refractivity contribution is 6.12. The van der Waals surface area contributed by atoms with Crippen LogP contribution in [0, 0.1) is 0 Å². The third-order valence-electron chi connectivity index (χ3n) is 5.91. The molecule has 1 N–H and O–H groups in total. The zero-order valence-corrected chi connectivity index (χ0v) is 21.7. The second-order valence-corrected chi connectivity index (χ2v) is 8.71. The van der Waals surface area contributed by atoms with Crippen LogP contribution in [-0.2, 0) is 0 Å². The highest BCUT2D eigenvalue weighted by Gasteiger charge is 2.21. The highest BCUT2D eigenvalue weighted by Crippen LogP contribution is 2.39. The Morgan fingerprint density at radius 2 is 1.58 bits per heavy atom. The number of phenols is 1. The zero-order chi connectivity index (χ0) is 27.4. The molecule has 0 atom stereocenters. The van der Waals surface area contributed by atoms with Gasteiger partial charge >= 0.3 is 5.63 Å². The van der Waals surface area contributed by atoms with Gasteiger partial charge in [-0.15, -0.1) is 0 Å². The molecule has 5 rings (SSSR count). The lowest BCUT2D eigenvalue weighted by Crippen LogP contribution is -2.04. The van der Waals surface area contributed by atoms with Crippen molar-refractivity contribution in [2.75, 3.05) is 21.3 Å². The SMILES string of the molecule is COc1c(C(C)C)oc2cc3oc(=O)ccc3cc12.COc1cc(O)c(C(=O)c2ccccc2)c(OC)c1. The molecule has 0 aliphatic heterocycles. The maximum absolute atomic E-state index is 12.4. The van der Waals surface area contributed by atoms with Crippen LogP contribution < -0.4 is 19.8 Å². The van der Waals surface area contributed by atoms with Gasteiger partial charge in [0.05, 0.1) is 26.7 Å². The summed E-state index contributed by atoms with van der Waals surface area (Å²) in [5, 5.41) is 11.7. The number of rotatable bonds is 6. The summed E-state index contributed by atoms with van der Waals surface area (Å²) in [4.78, 5) is 23.6. The monoisotopic (exact) mass is 516 g/mol. The van der Waals surface area contributed by atoms with E-state index < -0.39 is 0 Å². The molecule has 0 saturated heterocycles. The summed E-state index contributed by atoms with van der Waals surface area (Å²) in [5.41, 5.74) is 1.44. The number of hydrogen-bond donors (Lipinski definition) is 1. The Hall–Kier alpha value is -4.72. The van der Waals surface area contributed by atoms with Gasteiger partial charge in [0, 0.05) is 41.1 Å². The van der Waals surface area contributed by atoms with Crippen molar-refractivity contribution in [3.05, 3.63) is 94.0 Å². The van der Waals surface area contributed by atoms with Crippen LogP contribution in [0.25, 0.3) is 21.9 Å². The Morgan fingerprint density at radius 1 is 0.842 bits per heavy atom. The molecule has 2 heterocycles. The number of carbonyl (C=O) groups excluding carboxylic acids is 1.